The van der Waals surface area contributed by atoms with Gasteiger partial charge in [0.25, 0.3) is 0 Å². The van der Waals surface area contributed by atoms with Crippen molar-refractivity contribution >= 4 is 17.1 Å². The highest BCUT2D eigenvalue weighted by atomic mass is 16.5. The van der Waals surface area contributed by atoms with Gasteiger partial charge in [0.1, 0.15) is 17.2 Å². The van der Waals surface area contributed by atoms with Crippen LogP contribution in [0, 0.1) is 0 Å². The molecule has 2 rings (SSSR count). The van der Waals surface area contributed by atoms with Gasteiger partial charge in [-0.05, 0) is 13.0 Å². The topological polar surface area (TPSA) is 65.7 Å². The van der Waals surface area contributed by atoms with Crippen LogP contribution in [0.25, 0.3) is 0 Å². The molecule has 3 N–H and O–H groups in total. The number of nitrogens with one attached hydrogen (secondary N) is 1. The second kappa shape index (κ2) is 6.74. The molecule has 0 unspecified atom stereocenters. The summed E-state index contributed by atoms with van der Waals surface area (Å²) >= 11 is 0. The van der Waals surface area contributed by atoms with Gasteiger partial charge in [-0.25, -0.2) is 0 Å². The largest absolute Gasteiger partial charge is 0.497 e. The molecule has 112 valence electrons. The molecule has 0 atom stereocenters. The number of rotatable bonds is 6. The van der Waals surface area contributed by atoms with E-state index in [0.29, 0.717) is 23.8 Å². The van der Waals surface area contributed by atoms with Crippen LogP contribution >= 0.6 is 0 Å². The maximum Gasteiger partial charge on any atom is 0.124 e. The molecule has 2 aromatic carbocycles. The summed E-state index contributed by atoms with van der Waals surface area (Å²) in [6, 6.07) is 11.1. The minimum Gasteiger partial charge on any atom is -0.497 e. The van der Waals surface area contributed by atoms with Crippen LogP contribution in [0.15, 0.2) is 36.4 Å². The number of benzene rings is 2. The van der Waals surface area contributed by atoms with Crippen molar-refractivity contribution in [1.29, 1.82) is 0 Å². The quantitative estimate of drug-likeness (QED) is 0.797. The molecule has 0 saturated carbocycles. The highest BCUT2D eigenvalue weighted by Crippen LogP contribution is 2.30. The first-order valence-corrected chi connectivity index (χ1v) is 6.68. The SMILES string of the molecule is CCOc1cc(N)cc(Nc2cc(OC)cc(OC)c2)c1. The Balaban J connectivity index is 2.28. The number of nitrogen functional groups attached to an aromatic ring is 1. The van der Waals surface area contributed by atoms with Crippen LogP contribution < -0.4 is 25.3 Å². The average Bonchev–Trinajstić information content (AvgIpc) is 2.46. The molecule has 0 amide bonds. The van der Waals surface area contributed by atoms with E-state index in [2.05, 4.69) is 5.32 Å². The van der Waals surface area contributed by atoms with Gasteiger partial charge in [0.15, 0.2) is 0 Å². The maximum atomic E-state index is 5.89. The van der Waals surface area contributed by atoms with E-state index in [4.69, 9.17) is 19.9 Å². The Labute approximate surface area is 124 Å². The molecular formula is C16H20N2O3. The molecule has 0 aliphatic carbocycles. The summed E-state index contributed by atoms with van der Waals surface area (Å²) < 4.78 is 16.0. The zero-order valence-electron chi connectivity index (χ0n) is 12.5. The smallest absolute Gasteiger partial charge is 0.124 e. The van der Waals surface area contributed by atoms with Gasteiger partial charge < -0.3 is 25.3 Å². The van der Waals surface area contributed by atoms with E-state index in [-0.39, 0.29) is 0 Å². The normalized spacial score (nSPS) is 10.0. The first-order chi connectivity index (χ1) is 10.1. The molecule has 5 heteroatoms. The molecule has 21 heavy (non-hydrogen) atoms. The van der Waals surface area contributed by atoms with Crippen molar-refractivity contribution in [3.05, 3.63) is 36.4 Å². The van der Waals surface area contributed by atoms with E-state index < -0.39 is 0 Å². The Hall–Kier alpha value is -2.56. The number of methoxy groups -OCH3 is 2. The van der Waals surface area contributed by atoms with E-state index in [1.54, 1.807) is 20.3 Å². The number of hydrogen-bond acceptors (Lipinski definition) is 5. The van der Waals surface area contributed by atoms with E-state index in [1.807, 2.05) is 37.3 Å². The molecule has 0 fully saturated rings. The average molecular weight is 288 g/mol. The Morgan fingerprint density at radius 2 is 1.43 bits per heavy atom. The van der Waals surface area contributed by atoms with Crippen LogP contribution in [-0.2, 0) is 0 Å². The molecule has 0 radical (unpaired) electrons. The Morgan fingerprint density at radius 1 is 0.857 bits per heavy atom. The Bertz CT molecular complexity index is 592. The molecule has 0 spiro atoms. The number of anilines is 3. The van der Waals surface area contributed by atoms with Gasteiger partial charge in [-0.2, -0.15) is 0 Å². The van der Waals surface area contributed by atoms with Crippen LogP contribution in [0.4, 0.5) is 17.1 Å². The third-order valence-electron chi connectivity index (χ3n) is 2.88. The second-order valence-corrected chi connectivity index (χ2v) is 4.45. The van der Waals surface area contributed by atoms with Crippen molar-refractivity contribution in [3.63, 3.8) is 0 Å². The lowest BCUT2D eigenvalue weighted by atomic mass is 10.2. The Kier molecular flexibility index (Phi) is 4.77. The number of ether oxygens (including phenoxy) is 3. The van der Waals surface area contributed by atoms with Crippen LogP contribution in [0.3, 0.4) is 0 Å². The Morgan fingerprint density at radius 3 is 2.00 bits per heavy atom. The van der Waals surface area contributed by atoms with E-state index in [1.165, 1.54) is 0 Å². The fraction of sp³-hybridized carbons (Fsp3) is 0.250. The van der Waals surface area contributed by atoms with Crippen molar-refractivity contribution in [2.75, 3.05) is 31.9 Å². The number of hydrogen-bond donors (Lipinski definition) is 2. The van der Waals surface area contributed by atoms with Gasteiger partial charge in [-0.1, -0.05) is 0 Å². The van der Waals surface area contributed by atoms with Crippen LogP contribution in [0.1, 0.15) is 6.92 Å². The monoisotopic (exact) mass is 288 g/mol. The molecular weight excluding hydrogens is 268 g/mol. The second-order valence-electron chi connectivity index (χ2n) is 4.45. The summed E-state index contributed by atoms with van der Waals surface area (Å²) in [7, 11) is 3.23. The summed E-state index contributed by atoms with van der Waals surface area (Å²) in [4.78, 5) is 0. The highest BCUT2D eigenvalue weighted by molar-refractivity contribution is 5.68. The zero-order valence-corrected chi connectivity index (χ0v) is 12.5. The van der Waals surface area contributed by atoms with Crippen molar-refractivity contribution in [3.8, 4) is 17.2 Å². The van der Waals surface area contributed by atoms with Gasteiger partial charge in [-0.3, -0.25) is 0 Å². The molecule has 0 heterocycles. The van der Waals surface area contributed by atoms with Gasteiger partial charge in [0.05, 0.1) is 20.8 Å². The first-order valence-electron chi connectivity index (χ1n) is 6.68. The van der Waals surface area contributed by atoms with Crippen LogP contribution in [-0.4, -0.2) is 20.8 Å². The van der Waals surface area contributed by atoms with Crippen molar-refractivity contribution in [2.45, 2.75) is 6.92 Å². The predicted molar refractivity (Wildman–Crippen MR) is 84.9 cm³/mol. The third kappa shape index (κ3) is 3.95. The third-order valence-corrected chi connectivity index (χ3v) is 2.88. The highest BCUT2D eigenvalue weighted by Gasteiger charge is 2.04. The van der Waals surface area contributed by atoms with E-state index in [0.717, 1.165) is 17.1 Å². The summed E-state index contributed by atoms with van der Waals surface area (Å²) in [5.41, 5.74) is 8.21. The summed E-state index contributed by atoms with van der Waals surface area (Å²) in [6.07, 6.45) is 0. The van der Waals surface area contributed by atoms with Gasteiger partial charge in [0, 0.05) is 47.4 Å². The summed E-state index contributed by atoms with van der Waals surface area (Å²) in [5, 5.41) is 3.27. The molecule has 5 nitrogen and oxygen atoms in total. The maximum absolute atomic E-state index is 5.89. The fourth-order valence-electron chi connectivity index (χ4n) is 1.99. The minimum atomic E-state index is 0.593. The van der Waals surface area contributed by atoms with Gasteiger partial charge in [0.2, 0.25) is 0 Å². The van der Waals surface area contributed by atoms with Gasteiger partial charge in [-0.15, -0.1) is 0 Å². The summed E-state index contributed by atoms with van der Waals surface area (Å²) in [6.45, 7) is 2.53. The molecule has 2 aromatic rings. The molecule has 0 aliphatic rings. The molecule has 0 bridgehead atoms. The molecule has 0 saturated heterocycles. The summed E-state index contributed by atoms with van der Waals surface area (Å²) in [5.74, 6) is 2.16. The zero-order chi connectivity index (χ0) is 15.2. The lowest BCUT2D eigenvalue weighted by molar-refractivity contribution is 0.340. The minimum absolute atomic E-state index is 0.593. The standard InChI is InChI=1S/C16H20N2O3/c1-4-21-16-6-11(17)5-12(9-16)18-13-7-14(19-2)10-15(8-13)20-3/h5-10,18H,4,17H2,1-3H3. The van der Waals surface area contributed by atoms with Crippen LogP contribution in [0.5, 0.6) is 17.2 Å². The fourth-order valence-corrected chi connectivity index (χ4v) is 1.99. The van der Waals surface area contributed by atoms with Gasteiger partial charge >= 0.3 is 0 Å². The predicted octanol–water partition coefficient (Wildman–Crippen LogP) is 3.43. The molecule has 0 aliphatic heterocycles. The first kappa shape index (κ1) is 14.8. The van der Waals surface area contributed by atoms with Crippen molar-refractivity contribution in [1.82, 2.24) is 0 Å². The lowest BCUT2D eigenvalue weighted by Crippen LogP contribution is -1.97. The van der Waals surface area contributed by atoms with Crippen molar-refractivity contribution < 1.29 is 14.2 Å². The molecule has 0 aromatic heterocycles. The van der Waals surface area contributed by atoms with Crippen LogP contribution in [0.2, 0.25) is 0 Å². The van der Waals surface area contributed by atoms with Crippen molar-refractivity contribution in [2.24, 2.45) is 0 Å². The lowest BCUT2D eigenvalue weighted by Gasteiger charge is -2.12. The number of nitrogens with two attached hydrogens (primary N) is 1. The van der Waals surface area contributed by atoms with E-state index >= 15 is 0 Å². The van der Waals surface area contributed by atoms with E-state index in [9.17, 15) is 0 Å².